The minimum absolute atomic E-state index is 0.153. The molecule has 2 aromatic rings. The van der Waals surface area contributed by atoms with E-state index in [2.05, 4.69) is 20.9 Å². The van der Waals surface area contributed by atoms with E-state index in [4.69, 9.17) is 0 Å². The van der Waals surface area contributed by atoms with Crippen LogP contribution in [0.4, 0.5) is 5.82 Å². The van der Waals surface area contributed by atoms with Crippen molar-refractivity contribution >= 4 is 11.7 Å². The van der Waals surface area contributed by atoms with Crippen LogP contribution < -0.4 is 4.90 Å². The smallest absolute Gasteiger partial charge is 0.244 e. The summed E-state index contributed by atoms with van der Waals surface area (Å²) in [5, 5.41) is 9.35. The number of carbonyl (C=O) groups excluding carboxylic acids is 1. The highest BCUT2D eigenvalue weighted by Gasteiger charge is 2.33. The van der Waals surface area contributed by atoms with Crippen molar-refractivity contribution in [2.75, 3.05) is 44.2 Å². The van der Waals surface area contributed by atoms with Gasteiger partial charge in [0.1, 0.15) is 17.9 Å². The largest absolute Gasteiger partial charge is 0.353 e. The molecule has 6 heteroatoms. The van der Waals surface area contributed by atoms with Gasteiger partial charge in [-0.05, 0) is 31.5 Å². The molecule has 0 saturated carbocycles. The van der Waals surface area contributed by atoms with Gasteiger partial charge in [-0.1, -0.05) is 30.3 Å². The Labute approximate surface area is 167 Å². The zero-order valence-corrected chi connectivity index (χ0v) is 16.6. The van der Waals surface area contributed by atoms with Crippen molar-refractivity contribution in [2.24, 2.45) is 0 Å². The number of piperazine rings is 1. The molecular formula is C22H27N5O. The Hall–Kier alpha value is -2.91. The zero-order chi connectivity index (χ0) is 19.9. The third-order valence-electron chi connectivity index (χ3n) is 5.31. The number of anilines is 1. The molecule has 1 atom stereocenters. The number of hydrogen-bond donors (Lipinski definition) is 0. The average molecular weight is 377 g/mol. The number of pyridine rings is 1. The summed E-state index contributed by atoms with van der Waals surface area (Å²) in [5.74, 6) is 0.885. The fourth-order valence-electron chi connectivity index (χ4n) is 3.78. The van der Waals surface area contributed by atoms with E-state index in [9.17, 15) is 10.1 Å². The molecule has 0 bridgehead atoms. The van der Waals surface area contributed by atoms with Gasteiger partial charge in [-0.15, -0.1) is 0 Å². The lowest BCUT2D eigenvalue weighted by atomic mass is 10.0. The van der Waals surface area contributed by atoms with Crippen LogP contribution in [0.2, 0.25) is 0 Å². The number of carbonyl (C=O) groups is 1. The van der Waals surface area contributed by atoms with Crippen molar-refractivity contribution in [2.45, 2.75) is 19.9 Å². The van der Waals surface area contributed by atoms with E-state index < -0.39 is 0 Å². The number of rotatable bonds is 6. The molecule has 2 heterocycles. The third-order valence-corrected chi connectivity index (χ3v) is 5.31. The molecule has 1 aromatic carbocycles. The Morgan fingerprint density at radius 3 is 2.39 bits per heavy atom. The van der Waals surface area contributed by atoms with E-state index in [0.717, 1.165) is 37.6 Å². The van der Waals surface area contributed by atoms with E-state index >= 15 is 0 Å². The minimum atomic E-state index is -0.276. The number of amides is 1. The normalized spacial score (nSPS) is 15.7. The summed E-state index contributed by atoms with van der Waals surface area (Å²) in [4.78, 5) is 24.0. The lowest BCUT2D eigenvalue weighted by molar-refractivity contribution is -0.137. The fraction of sp³-hybridized carbons (Fsp3) is 0.409. The number of likely N-dealkylation sites (N-methyl/N-ethyl adjacent to an activating group) is 1. The van der Waals surface area contributed by atoms with Crippen LogP contribution in [0.1, 0.15) is 31.0 Å². The van der Waals surface area contributed by atoms with Crippen LogP contribution in [0.3, 0.4) is 0 Å². The summed E-state index contributed by atoms with van der Waals surface area (Å²) in [7, 11) is 0. The first kappa shape index (κ1) is 19.8. The molecule has 6 nitrogen and oxygen atoms in total. The first-order chi connectivity index (χ1) is 13.7. The Kier molecular flexibility index (Phi) is 6.62. The molecule has 0 radical (unpaired) electrons. The number of nitrogens with zero attached hydrogens (tertiary/aromatic N) is 5. The highest BCUT2D eigenvalue weighted by molar-refractivity contribution is 5.83. The summed E-state index contributed by atoms with van der Waals surface area (Å²) < 4.78 is 0. The predicted octanol–water partition coefficient (Wildman–Crippen LogP) is 2.68. The number of aromatic nitrogens is 1. The second-order valence-corrected chi connectivity index (χ2v) is 6.83. The minimum Gasteiger partial charge on any atom is -0.353 e. The second kappa shape index (κ2) is 9.34. The Bertz CT molecular complexity index is 820. The average Bonchev–Trinajstić information content (AvgIpc) is 2.76. The van der Waals surface area contributed by atoms with Gasteiger partial charge in [0.05, 0.1) is 5.56 Å². The summed E-state index contributed by atoms with van der Waals surface area (Å²) in [5.41, 5.74) is 1.62. The van der Waals surface area contributed by atoms with Crippen LogP contribution in [0.25, 0.3) is 0 Å². The molecule has 1 aliphatic heterocycles. The number of nitriles is 1. The quantitative estimate of drug-likeness (QED) is 0.774. The molecule has 146 valence electrons. The van der Waals surface area contributed by atoms with Gasteiger partial charge >= 0.3 is 0 Å². The van der Waals surface area contributed by atoms with Gasteiger partial charge in [0, 0.05) is 45.5 Å². The standard InChI is InChI=1S/C22H27N5O/c1-3-25(4-2)22(28)20(18-9-6-5-7-10-18)26-13-15-27(16-14-26)21-19(17-23)11-8-12-24-21/h5-12,20H,3-4,13-16H2,1-2H3. The molecular weight excluding hydrogens is 350 g/mol. The molecule has 0 N–H and O–H groups in total. The maximum atomic E-state index is 13.3. The Morgan fingerprint density at radius 1 is 1.11 bits per heavy atom. The summed E-state index contributed by atoms with van der Waals surface area (Å²) >= 11 is 0. The number of hydrogen-bond acceptors (Lipinski definition) is 5. The predicted molar refractivity (Wildman–Crippen MR) is 110 cm³/mol. The van der Waals surface area contributed by atoms with Crippen molar-refractivity contribution in [1.82, 2.24) is 14.8 Å². The zero-order valence-electron chi connectivity index (χ0n) is 16.6. The van der Waals surface area contributed by atoms with Crippen LogP contribution in [0, 0.1) is 11.3 Å². The van der Waals surface area contributed by atoms with Gasteiger partial charge in [0.2, 0.25) is 5.91 Å². The van der Waals surface area contributed by atoms with Crippen molar-refractivity contribution in [3.05, 3.63) is 59.8 Å². The summed E-state index contributed by atoms with van der Waals surface area (Å²) in [6.07, 6.45) is 1.72. The molecule has 0 spiro atoms. The van der Waals surface area contributed by atoms with Crippen molar-refractivity contribution in [3.63, 3.8) is 0 Å². The molecule has 1 unspecified atom stereocenters. The molecule has 1 saturated heterocycles. The van der Waals surface area contributed by atoms with Crippen molar-refractivity contribution < 1.29 is 4.79 Å². The molecule has 1 amide bonds. The van der Waals surface area contributed by atoms with Gasteiger partial charge in [-0.2, -0.15) is 5.26 Å². The number of benzene rings is 1. The highest BCUT2D eigenvalue weighted by Crippen LogP contribution is 2.26. The van der Waals surface area contributed by atoms with E-state index in [1.54, 1.807) is 18.3 Å². The van der Waals surface area contributed by atoms with Gasteiger partial charge in [-0.3, -0.25) is 9.69 Å². The van der Waals surface area contributed by atoms with Crippen molar-refractivity contribution in [3.8, 4) is 6.07 Å². The maximum Gasteiger partial charge on any atom is 0.244 e. The molecule has 1 fully saturated rings. The van der Waals surface area contributed by atoms with E-state index in [0.29, 0.717) is 18.7 Å². The van der Waals surface area contributed by atoms with E-state index in [1.807, 2.05) is 49.1 Å². The first-order valence-electron chi connectivity index (χ1n) is 9.87. The molecule has 1 aromatic heterocycles. The van der Waals surface area contributed by atoms with Crippen molar-refractivity contribution in [1.29, 1.82) is 5.26 Å². The van der Waals surface area contributed by atoms with Gasteiger partial charge in [0.15, 0.2) is 0 Å². The lowest BCUT2D eigenvalue weighted by Crippen LogP contribution is -2.52. The SMILES string of the molecule is CCN(CC)C(=O)C(c1ccccc1)N1CCN(c2ncccc2C#N)CC1. The lowest BCUT2D eigenvalue weighted by Gasteiger charge is -2.40. The third kappa shape index (κ3) is 4.15. The van der Waals surface area contributed by atoms with Crippen LogP contribution in [0.15, 0.2) is 48.7 Å². The van der Waals surface area contributed by atoms with Crippen LogP contribution in [-0.4, -0.2) is 60.0 Å². The Morgan fingerprint density at radius 2 is 1.79 bits per heavy atom. The van der Waals surface area contributed by atoms with Gasteiger partial charge in [-0.25, -0.2) is 4.98 Å². The maximum absolute atomic E-state index is 13.3. The molecule has 28 heavy (non-hydrogen) atoms. The van der Waals surface area contributed by atoms with Gasteiger partial charge in [0.25, 0.3) is 0 Å². The monoisotopic (exact) mass is 377 g/mol. The van der Waals surface area contributed by atoms with E-state index in [1.165, 1.54) is 0 Å². The molecule has 1 aliphatic rings. The van der Waals surface area contributed by atoms with Crippen LogP contribution in [-0.2, 0) is 4.79 Å². The first-order valence-corrected chi connectivity index (χ1v) is 9.87. The summed E-state index contributed by atoms with van der Waals surface area (Å²) in [6, 6.07) is 15.5. The van der Waals surface area contributed by atoms with E-state index in [-0.39, 0.29) is 11.9 Å². The van der Waals surface area contributed by atoms with Crippen LogP contribution in [0.5, 0.6) is 0 Å². The highest BCUT2D eigenvalue weighted by atomic mass is 16.2. The fourth-order valence-corrected chi connectivity index (χ4v) is 3.78. The molecule has 3 rings (SSSR count). The molecule has 0 aliphatic carbocycles. The summed E-state index contributed by atoms with van der Waals surface area (Å²) in [6.45, 7) is 8.41. The van der Waals surface area contributed by atoms with Crippen LogP contribution >= 0.6 is 0 Å². The Balaban J connectivity index is 1.80. The topological polar surface area (TPSA) is 63.5 Å². The van der Waals surface area contributed by atoms with Gasteiger partial charge < -0.3 is 9.80 Å². The second-order valence-electron chi connectivity index (χ2n) is 6.83.